The Hall–Kier alpha value is -3.61. The van der Waals surface area contributed by atoms with Crippen molar-refractivity contribution >= 4 is 28.0 Å². The van der Waals surface area contributed by atoms with Crippen molar-refractivity contribution in [1.29, 1.82) is 0 Å². The Balaban J connectivity index is 2.11. The molecule has 0 spiro atoms. The molecule has 2 aromatic heterocycles. The average molecular weight is 379 g/mol. The second-order valence-electron chi connectivity index (χ2n) is 6.24. The molecular formula is C21H22FN5O. The molecule has 6 nitrogen and oxygen atoms in total. The molecule has 0 radical (unpaired) electrons. The molecule has 0 saturated carbocycles. The van der Waals surface area contributed by atoms with E-state index >= 15 is 0 Å². The zero-order chi connectivity index (χ0) is 20.3. The molecule has 0 aliphatic heterocycles. The number of rotatable bonds is 6. The van der Waals surface area contributed by atoms with Crippen LogP contribution in [0.1, 0.15) is 18.2 Å². The molecule has 0 aliphatic rings. The Morgan fingerprint density at radius 3 is 2.57 bits per heavy atom. The van der Waals surface area contributed by atoms with E-state index in [1.807, 2.05) is 32.2 Å². The van der Waals surface area contributed by atoms with Gasteiger partial charge in [-0.15, -0.1) is 0 Å². The van der Waals surface area contributed by atoms with Gasteiger partial charge in [0.2, 0.25) is 0 Å². The van der Waals surface area contributed by atoms with Crippen molar-refractivity contribution in [2.24, 2.45) is 0 Å². The number of hydrogen-bond acceptors (Lipinski definition) is 6. The number of nitrogens with zero attached hydrogens (tertiary/aromatic N) is 3. The van der Waals surface area contributed by atoms with E-state index in [9.17, 15) is 4.39 Å². The number of halogens is 1. The number of benzene rings is 1. The highest BCUT2D eigenvalue weighted by molar-refractivity contribution is 5.96. The number of nitrogens with two attached hydrogens (primary N) is 2. The Bertz CT molecular complexity index is 1040. The van der Waals surface area contributed by atoms with Crippen molar-refractivity contribution in [1.82, 2.24) is 9.97 Å². The van der Waals surface area contributed by atoms with Gasteiger partial charge in [-0.2, -0.15) is 0 Å². The zero-order valence-electron chi connectivity index (χ0n) is 15.8. The van der Waals surface area contributed by atoms with Crippen molar-refractivity contribution < 1.29 is 9.13 Å². The van der Waals surface area contributed by atoms with E-state index in [2.05, 4.69) is 16.5 Å². The summed E-state index contributed by atoms with van der Waals surface area (Å²) in [5, 5.41) is 0.606. The highest BCUT2D eigenvalue weighted by atomic mass is 19.1. The second kappa shape index (κ2) is 7.96. The van der Waals surface area contributed by atoms with E-state index in [0.717, 1.165) is 11.4 Å². The quantitative estimate of drug-likeness (QED) is 0.663. The van der Waals surface area contributed by atoms with Gasteiger partial charge in [-0.3, -0.25) is 4.98 Å². The average Bonchev–Trinajstić information content (AvgIpc) is 2.65. The fourth-order valence-corrected chi connectivity index (χ4v) is 2.93. The number of nitrogen functional groups attached to an aromatic ring is 2. The Morgan fingerprint density at radius 2 is 1.93 bits per heavy atom. The minimum atomic E-state index is -0.436. The van der Waals surface area contributed by atoms with Crippen LogP contribution in [-0.4, -0.2) is 9.97 Å². The van der Waals surface area contributed by atoms with Gasteiger partial charge in [-0.1, -0.05) is 12.7 Å². The molecule has 0 unspecified atom stereocenters. The minimum Gasteiger partial charge on any atom is -0.486 e. The first kappa shape index (κ1) is 19.2. The van der Waals surface area contributed by atoms with Crippen LogP contribution in [0.2, 0.25) is 0 Å². The smallest absolute Gasteiger partial charge is 0.149 e. The van der Waals surface area contributed by atoms with Crippen molar-refractivity contribution in [3.8, 4) is 5.75 Å². The maximum absolute atomic E-state index is 14.4. The third-order valence-corrected chi connectivity index (χ3v) is 4.23. The van der Waals surface area contributed by atoms with Crippen LogP contribution in [0.3, 0.4) is 0 Å². The highest BCUT2D eigenvalue weighted by Gasteiger charge is 2.15. The molecule has 2 heterocycles. The number of fused-ring (bicyclic) bond motifs is 1. The summed E-state index contributed by atoms with van der Waals surface area (Å²) in [7, 11) is 0. The lowest BCUT2D eigenvalue weighted by atomic mass is 10.1. The molecule has 3 aromatic rings. The van der Waals surface area contributed by atoms with Crippen LogP contribution < -0.4 is 21.1 Å². The van der Waals surface area contributed by atoms with Crippen LogP contribution in [-0.2, 0) is 6.61 Å². The van der Waals surface area contributed by atoms with Gasteiger partial charge >= 0.3 is 0 Å². The van der Waals surface area contributed by atoms with E-state index in [0.29, 0.717) is 33.6 Å². The van der Waals surface area contributed by atoms with Crippen LogP contribution in [0, 0.1) is 12.7 Å². The highest BCUT2D eigenvalue weighted by Crippen LogP contribution is 2.34. The van der Waals surface area contributed by atoms with E-state index in [1.165, 1.54) is 24.5 Å². The molecule has 0 atom stereocenters. The van der Waals surface area contributed by atoms with Crippen LogP contribution in [0.15, 0.2) is 55.6 Å². The summed E-state index contributed by atoms with van der Waals surface area (Å²) in [4.78, 5) is 10.3. The summed E-state index contributed by atoms with van der Waals surface area (Å²) in [6, 6.07) is 4.60. The van der Waals surface area contributed by atoms with Gasteiger partial charge in [-0.25, -0.2) is 9.37 Å². The summed E-state index contributed by atoms with van der Waals surface area (Å²) in [6.07, 6.45) is 8.36. The van der Waals surface area contributed by atoms with Gasteiger partial charge in [0.1, 0.15) is 23.7 Å². The van der Waals surface area contributed by atoms with Crippen molar-refractivity contribution in [2.45, 2.75) is 20.5 Å². The van der Waals surface area contributed by atoms with Crippen molar-refractivity contribution in [3.05, 3.63) is 72.7 Å². The molecule has 0 saturated heterocycles. The number of aromatic nitrogens is 2. The summed E-state index contributed by atoms with van der Waals surface area (Å²) >= 11 is 0. The van der Waals surface area contributed by atoms with Crippen LogP contribution in [0.4, 0.5) is 21.5 Å². The number of aryl methyl sites for hydroxylation is 1. The Kier molecular flexibility index (Phi) is 5.44. The monoisotopic (exact) mass is 379 g/mol. The summed E-state index contributed by atoms with van der Waals surface area (Å²) in [5.74, 6) is -0.130. The molecular weight excluding hydrogens is 357 g/mol. The fourth-order valence-electron chi connectivity index (χ4n) is 2.93. The van der Waals surface area contributed by atoms with Gasteiger partial charge in [0.15, 0.2) is 0 Å². The number of hydrogen-bond donors (Lipinski definition) is 2. The lowest BCUT2D eigenvalue weighted by Gasteiger charge is -2.19. The molecule has 3 rings (SSSR count). The maximum Gasteiger partial charge on any atom is 0.149 e. The van der Waals surface area contributed by atoms with Crippen molar-refractivity contribution in [3.63, 3.8) is 0 Å². The van der Waals surface area contributed by atoms with Crippen LogP contribution in [0.5, 0.6) is 5.75 Å². The second-order valence-corrected chi connectivity index (χ2v) is 6.24. The van der Waals surface area contributed by atoms with Gasteiger partial charge < -0.3 is 21.1 Å². The number of allylic oxidation sites excluding steroid dienone is 1. The number of pyridine rings is 2. The van der Waals surface area contributed by atoms with E-state index in [4.69, 9.17) is 16.2 Å². The summed E-state index contributed by atoms with van der Waals surface area (Å²) < 4.78 is 20.3. The maximum atomic E-state index is 14.4. The first-order chi connectivity index (χ1) is 13.4. The predicted molar refractivity (Wildman–Crippen MR) is 111 cm³/mol. The molecule has 0 amide bonds. The van der Waals surface area contributed by atoms with Crippen molar-refractivity contribution in [2.75, 3.05) is 16.4 Å². The molecule has 0 fully saturated rings. The summed E-state index contributed by atoms with van der Waals surface area (Å²) in [5.41, 5.74) is 15.3. The van der Waals surface area contributed by atoms with Gasteiger partial charge in [-0.05, 0) is 26.0 Å². The number of ether oxygens (including phenoxy) is 1. The molecule has 0 aliphatic carbocycles. The first-order valence-electron chi connectivity index (χ1n) is 8.69. The zero-order valence-corrected chi connectivity index (χ0v) is 15.8. The standard InChI is InChI=1S/C21H22FN5O/c1-4-6-27(5-2)19-7-13(3)26-21-15(19)8-14(22)9-20(21)28-12-16-17(23)10-25-11-18(16)24/h4-11H,2,12,23-24H2,1,3H3/b6-4-. The van der Waals surface area contributed by atoms with E-state index in [1.54, 1.807) is 11.1 Å². The molecule has 7 heteroatoms. The van der Waals surface area contributed by atoms with Crippen LogP contribution >= 0.6 is 0 Å². The fraction of sp³-hybridized carbons (Fsp3) is 0.143. The van der Waals surface area contributed by atoms with E-state index in [-0.39, 0.29) is 6.61 Å². The molecule has 1 aromatic carbocycles. The summed E-state index contributed by atoms with van der Waals surface area (Å²) in [6.45, 7) is 7.66. The van der Waals surface area contributed by atoms with Crippen LogP contribution in [0.25, 0.3) is 10.9 Å². The third-order valence-electron chi connectivity index (χ3n) is 4.23. The lowest BCUT2D eigenvalue weighted by Crippen LogP contribution is -2.09. The Labute approximate surface area is 163 Å². The first-order valence-corrected chi connectivity index (χ1v) is 8.69. The minimum absolute atomic E-state index is 0.0731. The van der Waals surface area contributed by atoms with E-state index < -0.39 is 5.82 Å². The Morgan fingerprint density at radius 1 is 1.21 bits per heavy atom. The number of anilines is 3. The normalized spacial score (nSPS) is 11.1. The molecule has 4 N–H and O–H groups in total. The SMILES string of the molecule is C=CN(/C=C\C)c1cc(C)nc2c(OCc3c(N)cncc3N)cc(F)cc12. The largest absolute Gasteiger partial charge is 0.486 e. The molecule has 0 bridgehead atoms. The van der Waals surface area contributed by atoms with Gasteiger partial charge in [0, 0.05) is 35.1 Å². The lowest BCUT2D eigenvalue weighted by molar-refractivity contribution is 0.309. The molecule has 28 heavy (non-hydrogen) atoms. The van der Waals surface area contributed by atoms with Gasteiger partial charge in [0.05, 0.1) is 29.5 Å². The predicted octanol–water partition coefficient (Wildman–Crippen LogP) is 4.30. The molecule has 144 valence electrons. The third kappa shape index (κ3) is 3.73. The van der Waals surface area contributed by atoms with Gasteiger partial charge in [0.25, 0.3) is 0 Å². The topological polar surface area (TPSA) is 90.3 Å².